The summed E-state index contributed by atoms with van der Waals surface area (Å²) in [6.45, 7) is -1.14. The van der Waals surface area contributed by atoms with Crippen LogP contribution in [0.4, 0.5) is 14.5 Å². The number of ether oxygens (including phenoxy) is 2. The number of carbonyl (C=O) groups is 1. The lowest BCUT2D eigenvalue weighted by atomic mass is 10.1. The van der Waals surface area contributed by atoms with E-state index in [4.69, 9.17) is 4.74 Å². The number of benzene rings is 2. The summed E-state index contributed by atoms with van der Waals surface area (Å²) in [6, 6.07) is 14.8. The van der Waals surface area contributed by atoms with Gasteiger partial charge in [0.1, 0.15) is 11.6 Å². The van der Waals surface area contributed by atoms with Crippen molar-refractivity contribution in [3.8, 4) is 17.6 Å². The molecular formula is C19H16F2N2O3. The lowest BCUT2D eigenvalue weighted by Gasteiger charge is -2.14. The summed E-state index contributed by atoms with van der Waals surface area (Å²) in [5, 5.41) is 11.8. The zero-order valence-electron chi connectivity index (χ0n) is 13.9. The molecule has 0 aromatic heterocycles. The summed E-state index contributed by atoms with van der Waals surface area (Å²) in [5.74, 6) is -0.796. The predicted octanol–water partition coefficient (Wildman–Crippen LogP) is 4.23. The first-order valence-electron chi connectivity index (χ1n) is 7.74. The van der Waals surface area contributed by atoms with E-state index in [9.17, 15) is 18.8 Å². The minimum Gasteiger partial charge on any atom is -0.490 e. The molecule has 0 bridgehead atoms. The third-order valence-corrected chi connectivity index (χ3v) is 3.21. The van der Waals surface area contributed by atoms with Crippen LogP contribution in [-0.2, 0) is 4.79 Å². The summed E-state index contributed by atoms with van der Waals surface area (Å²) in [5.41, 5.74) is 0.378. The second-order valence-electron chi connectivity index (χ2n) is 4.98. The second-order valence-corrected chi connectivity index (χ2v) is 4.98. The highest BCUT2D eigenvalue weighted by Crippen LogP contribution is 2.34. The topological polar surface area (TPSA) is 71.3 Å². The predicted molar refractivity (Wildman–Crippen MR) is 92.9 cm³/mol. The Morgan fingerprint density at radius 3 is 2.58 bits per heavy atom. The Balaban J connectivity index is 2.37. The van der Waals surface area contributed by atoms with E-state index < -0.39 is 12.5 Å². The first kappa shape index (κ1) is 18.9. The molecule has 1 amide bonds. The smallest absolute Gasteiger partial charge is 0.387 e. The Kier molecular flexibility index (Phi) is 6.68. The molecule has 0 heterocycles. The van der Waals surface area contributed by atoms with E-state index in [1.54, 1.807) is 49.4 Å². The Bertz CT molecular complexity index is 830. The lowest BCUT2D eigenvalue weighted by molar-refractivity contribution is -0.112. The number of anilines is 1. The van der Waals surface area contributed by atoms with Gasteiger partial charge < -0.3 is 14.8 Å². The van der Waals surface area contributed by atoms with Gasteiger partial charge in [-0.25, -0.2) is 0 Å². The number of rotatable bonds is 7. The normalized spacial score (nSPS) is 11.0. The maximum atomic E-state index is 12.7. The van der Waals surface area contributed by atoms with Crippen LogP contribution in [0.5, 0.6) is 11.5 Å². The molecule has 0 radical (unpaired) electrons. The third-order valence-electron chi connectivity index (χ3n) is 3.21. The van der Waals surface area contributed by atoms with Crippen molar-refractivity contribution in [1.82, 2.24) is 0 Å². The molecule has 0 atom stereocenters. The van der Waals surface area contributed by atoms with E-state index in [0.29, 0.717) is 5.69 Å². The fourth-order valence-electron chi connectivity index (χ4n) is 2.15. The van der Waals surface area contributed by atoms with Crippen LogP contribution in [0.25, 0.3) is 6.08 Å². The molecule has 0 spiro atoms. The molecular weight excluding hydrogens is 342 g/mol. The quantitative estimate of drug-likeness (QED) is 0.594. The number of nitriles is 1. The van der Waals surface area contributed by atoms with Gasteiger partial charge in [0.15, 0.2) is 11.5 Å². The summed E-state index contributed by atoms with van der Waals surface area (Å²) in [7, 11) is 0. The maximum absolute atomic E-state index is 12.7. The van der Waals surface area contributed by atoms with E-state index in [2.05, 4.69) is 10.1 Å². The van der Waals surface area contributed by atoms with Gasteiger partial charge in [0, 0.05) is 11.3 Å². The number of alkyl halides is 2. The van der Waals surface area contributed by atoms with E-state index in [-0.39, 0.29) is 29.2 Å². The number of hydrogen-bond acceptors (Lipinski definition) is 4. The number of halogens is 2. The molecule has 2 aromatic carbocycles. The fourth-order valence-corrected chi connectivity index (χ4v) is 2.15. The minimum atomic E-state index is -3.08. The number of para-hydroxylation sites is 2. The molecule has 2 rings (SSSR count). The minimum absolute atomic E-state index is 0.0994. The first-order chi connectivity index (χ1) is 12.5. The van der Waals surface area contributed by atoms with Gasteiger partial charge >= 0.3 is 6.61 Å². The zero-order valence-corrected chi connectivity index (χ0v) is 13.9. The number of carbonyl (C=O) groups excluding carboxylic acids is 1. The van der Waals surface area contributed by atoms with Crippen LogP contribution in [-0.4, -0.2) is 19.1 Å². The molecule has 1 N–H and O–H groups in total. The highest BCUT2D eigenvalue weighted by molar-refractivity contribution is 6.09. The van der Waals surface area contributed by atoms with Crippen LogP contribution in [0.15, 0.2) is 54.1 Å². The van der Waals surface area contributed by atoms with E-state index in [0.717, 1.165) is 0 Å². The van der Waals surface area contributed by atoms with E-state index in [1.165, 1.54) is 18.2 Å². The highest BCUT2D eigenvalue weighted by atomic mass is 19.3. The van der Waals surface area contributed by atoms with Crippen molar-refractivity contribution in [1.29, 1.82) is 5.26 Å². The first-order valence-corrected chi connectivity index (χ1v) is 7.74. The molecule has 0 aliphatic carbocycles. The molecule has 0 unspecified atom stereocenters. The van der Waals surface area contributed by atoms with Crippen LogP contribution in [0, 0.1) is 11.3 Å². The van der Waals surface area contributed by atoms with E-state index >= 15 is 0 Å². The summed E-state index contributed by atoms with van der Waals surface area (Å²) in [6.07, 6.45) is 1.18. The molecule has 0 aliphatic rings. The molecule has 0 saturated heterocycles. The van der Waals surface area contributed by atoms with Crippen LogP contribution in [0.3, 0.4) is 0 Å². The molecule has 5 nitrogen and oxygen atoms in total. The Morgan fingerprint density at radius 2 is 1.96 bits per heavy atom. The molecule has 0 aliphatic heterocycles. The number of nitrogens with zero attached hydrogens (tertiary/aromatic N) is 1. The van der Waals surface area contributed by atoms with Crippen molar-refractivity contribution in [2.75, 3.05) is 11.9 Å². The average molecular weight is 358 g/mol. The van der Waals surface area contributed by atoms with Crippen molar-refractivity contribution in [3.63, 3.8) is 0 Å². The molecule has 134 valence electrons. The summed E-state index contributed by atoms with van der Waals surface area (Å²) >= 11 is 0. The zero-order chi connectivity index (χ0) is 18.9. The SMILES string of the molecule is CCOc1cccc(/C=C(\C#N)C(=O)Nc2ccccc2)c1OC(F)F. The second kappa shape index (κ2) is 9.18. The summed E-state index contributed by atoms with van der Waals surface area (Å²) < 4.78 is 35.3. The average Bonchev–Trinajstić information content (AvgIpc) is 2.62. The van der Waals surface area contributed by atoms with Crippen molar-refractivity contribution in [2.45, 2.75) is 13.5 Å². The van der Waals surface area contributed by atoms with Gasteiger partial charge in [0.2, 0.25) is 0 Å². The maximum Gasteiger partial charge on any atom is 0.387 e. The van der Waals surface area contributed by atoms with Crippen LogP contribution < -0.4 is 14.8 Å². The van der Waals surface area contributed by atoms with Gasteiger partial charge in [0.05, 0.1) is 6.61 Å². The van der Waals surface area contributed by atoms with Crippen LogP contribution in [0.2, 0.25) is 0 Å². The van der Waals surface area contributed by atoms with Gasteiger partial charge in [-0.1, -0.05) is 30.3 Å². The lowest BCUT2D eigenvalue weighted by Crippen LogP contribution is -2.13. The largest absolute Gasteiger partial charge is 0.490 e. The van der Waals surface area contributed by atoms with Crippen molar-refractivity contribution < 1.29 is 23.0 Å². The van der Waals surface area contributed by atoms with Gasteiger partial charge in [-0.2, -0.15) is 14.0 Å². The fraction of sp³-hybridized carbons (Fsp3) is 0.158. The number of amides is 1. The molecule has 0 saturated carbocycles. The van der Waals surface area contributed by atoms with Gasteiger partial charge in [0.25, 0.3) is 5.91 Å². The van der Waals surface area contributed by atoms with Crippen LogP contribution >= 0.6 is 0 Å². The number of nitrogens with one attached hydrogen (secondary N) is 1. The van der Waals surface area contributed by atoms with Gasteiger partial charge in [-0.15, -0.1) is 0 Å². The molecule has 0 fully saturated rings. The Labute approximate surface area is 149 Å². The van der Waals surface area contributed by atoms with Crippen molar-refractivity contribution in [3.05, 3.63) is 59.7 Å². The van der Waals surface area contributed by atoms with Crippen molar-refractivity contribution in [2.24, 2.45) is 0 Å². The molecule has 26 heavy (non-hydrogen) atoms. The standard InChI is InChI=1S/C19H16F2N2O3/c1-2-25-16-10-6-7-13(17(16)26-19(20)21)11-14(12-22)18(24)23-15-8-4-3-5-9-15/h3-11,19H,2H2,1H3,(H,23,24)/b14-11+. The number of hydrogen-bond donors (Lipinski definition) is 1. The summed E-state index contributed by atoms with van der Waals surface area (Å²) in [4.78, 5) is 12.3. The van der Waals surface area contributed by atoms with Crippen molar-refractivity contribution >= 4 is 17.7 Å². The highest BCUT2D eigenvalue weighted by Gasteiger charge is 2.17. The van der Waals surface area contributed by atoms with Gasteiger partial charge in [-0.3, -0.25) is 4.79 Å². The third kappa shape index (κ3) is 5.05. The molecule has 2 aromatic rings. The van der Waals surface area contributed by atoms with Gasteiger partial charge in [-0.05, 0) is 31.2 Å². The van der Waals surface area contributed by atoms with Crippen LogP contribution in [0.1, 0.15) is 12.5 Å². The monoisotopic (exact) mass is 358 g/mol. The Morgan fingerprint density at radius 1 is 1.23 bits per heavy atom. The Hall–Kier alpha value is -3.40. The van der Waals surface area contributed by atoms with E-state index in [1.807, 2.05) is 0 Å². The molecule has 7 heteroatoms.